The van der Waals surface area contributed by atoms with E-state index < -0.39 is 28.9 Å². The van der Waals surface area contributed by atoms with Crippen molar-refractivity contribution >= 4 is 17.6 Å². The van der Waals surface area contributed by atoms with Gasteiger partial charge in [-0.25, -0.2) is 4.79 Å². The predicted molar refractivity (Wildman–Crippen MR) is 49.8 cm³/mol. The van der Waals surface area contributed by atoms with Gasteiger partial charge in [-0.05, 0) is 12.1 Å². The van der Waals surface area contributed by atoms with E-state index in [1.54, 1.807) is 6.07 Å². The maximum absolute atomic E-state index is 12.0. The summed E-state index contributed by atoms with van der Waals surface area (Å²) in [6.45, 7) is -3.15. The van der Waals surface area contributed by atoms with E-state index in [1.807, 2.05) is 0 Å². The number of rotatable bonds is 3. The van der Waals surface area contributed by atoms with Crippen molar-refractivity contribution in [1.82, 2.24) is 0 Å². The smallest absolute Gasteiger partial charge is 0.387 e. The van der Waals surface area contributed by atoms with Crippen LogP contribution >= 0.6 is 11.6 Å². The molecule has 16 heavy (non-hydrogen) atoms. The highest BCUT2D eigenvalue weighted by molar-refractivity contribution is 6.35. The van der Waals surface area contributed by atoms with E-state index >= 15 is 0 Å². The molecule has 0 spiro atoms. The summed E-state index contributed by atoms with van der Waals surface area (Å²) in [6, 6.07) is 3.54. The van der Waals surface area contributed by atoms with Crippen LogP contribution in [-0.4, -0.2) is 17.7 Å². The van der Waals surface area contributed by atoms with Gasteiger partial charge in [0.2, 0.25) is 0 Å². The van der Waals surface area contributed by atoms with Gasteiger partial charge in [0.25, 0.3) is 0 Å². The monoisotopic (exact) mass is 247 g/mol. The van der Waals surface area contributed by atoms with Crippen LogP contribution in [0.4, 0.5) is 8.78 Å². The van der Waals surface area contributed by atoms with Gasteiger partial charge >= 0.3 is 12.6 Å². The van der Waals surface area contributed by atoms with E-state index in [4.69, 9.17) is 22.0 Å². The number of halogens is 3. The molecule has 0 aromatic heterocycles. The molecule has 7 heteroatoms. The van der Waals surface area contributed by atoms with Gasteiger partial charge in [-0.2, -0.15) is 14.0 Å². The molecule has 1 aromatic carbocycles. The summed E-state index contributed by atoms with van der Waals surface area (Å²) in [6.07, 6.45) is 0. The first-order valence-corrected chi connectivity index (χ1v) is 4.25. The highest BCUT2D eigenvalue weighted by Gasteiger charge is 2.18. The number of nitriles is 1. The largest absolute Gasteiger partial charge is 0.478 e. The average Bonchev–Trinajstić information content (AvgIpc) is 2.19. The normalized spacial score (nSPS) is 9.94. The number of carbonyl (C=O) groups is 1. The number of aromatic carboxylic acids is 1. The minimum atomic E-state index is -3.15. The SMILES string of the molecule is N#Cc1cc(OC(F)F)c(Cl)c(C(=O)O)c1. The van der Waals surface area contributed by atoms with Gasteiger partial charge in [-0.3, -0.25) is 0 Å². The van der Waals surface area contributed by atoms with Crippen molar-refractivity contribution in [1.29, 1.82) is 5.26 Å². The molecule has 0 atom stereocenters. The topological polar surface area (TPSA) is 70.3 Å². The second-order valence-corrected chi connectivity index (χ2v) is 3.01. The summed E-state index contributed by atoms with van der Waals surface area (Å²) in [5.74, 6) is -1.96. The molecule has 0 fully saturated rings. The molecule has 0 amide bonds. The van der Waals surface area contributed by atoms with Crippen molar-refractivity contribution in [3.8, 4) is 11.8 Å². The van der Waals surface area contributed by atoms with E-state index in [-0.39, 0.29) is 5.56 Å². The van der Waals surface area contributed by atoms with Gasteiger partial charge in [0.1, 0.15) is 5.75 Å². The zero-order valence-corrected chi connectivity index (χ0v) is 8.33. The third kappa shape index (κ3) is 2.58. The number of benzene rings is 1. The minimum absolute atomic E-state index is 0.127. The van der Waals surface area contributed by atoms with Gasteiger partial charge in [0.15, 0.2) is 0 Å². The molecular formula is C9H4ClF2NO3. The van der Waals surface area contributed by atoms with Crippen molar-refractivity contribution in [2.24, 2.45) is 0 Å². The fraction of sp³-hybridized carbons (Fsp3) is 0.111. The molecule has 1 aromatic rings. The standard InChI is InChI=1S/C9H4ClF2NO3/c10-7-5(8(14)15)1-4(3-13)2-6(7)16-9(11)12/h1-2,9H,(H,14,15). The molecule has 1 rings (SSSR count). The van der Waals surface area contributed by atoms with Crippen LogP contribution < -0.4 is 4.74 Å². The lowest BCUT2D eigenvalue weighted by molar-refractivity contribution is -0.0498. The predicted octanol–water partition coefficient (Wildman–Crippen LogP) is 2.51. The molecule has 0 saturated heterocycles. The molecule has 0 radical (unpaired) electrons. The molecule has 0 aliphatic carbocycles. The van der Waals surface area contributed by atoms with E-state index in [9.17, 15) is 13.6 Å². The molecule has 0 bridgehead atoms. The van der Waals surface area contributed by atoms with Crippen molar-refractivity contribution in [3.63, 3.8) is 0 Å². The van der Waals surface area contributed by atoms with Gasteiger partial charge in [0.05, 0.1) is 22.2 Å². The second kappa shape index (κ2) is 4.77. The molecule has 0 heterocycles. The number of ether oxygens (including phenoxy) is 1. The molecule has 4 nitrogen and oxygen atoms in total. The maximum atomic E-state index is 12.0. The summed E-state index contributed by atoms with van der Waals surface area (Å²) in [5.41, 5.74) is -0.589. The average molecular weight is 248 g/mol. The molecule has 84 valence electrons. The third-order valence-corrected chi connectivity index (χ3v) is 2.00. The number of carboxylic acids is 1. The highest BCUT2D eigenvalue weighted by Crippen LogP contribution is 2.31. The van der Waals surface area contributed by atoms with Crippen LogP contribution in [0.25, 0.3) is 0 Å². The molecule has 0 aliphatic heterocycles. The lowest BCUT2D eigenvalue weighted by Gasteiger charge is -2.08. The first-order chi connectivity index (χ1) is 7.45. The van der Waals surface area contributed by atoms with Crippen molar-refractivity contribution < 1.29 is 23.4 Å². The summed E-state index contributed by atoms with van der Waals surface area (Å²) in [7, 11) is 0. The number of alkyl halides is 2. The Balaban J connectivity index is 3.32. The Morgan fingerprint density at radius 1 is 1.56 bits per heavy atom. The Morgan fingerprint density at radius 2 is 2.19 bits per heavy atom. The minimum Gasteiger partial charge on any atom is -0.478 e. The van der Waals surface area contributed by atoms with Crippen molar-refractivity contribution in [2.75, 3.05) is 0 Å². The van der Waals surface area contributed by atoms with Crippen LogP contribution in [0, 0.1) is 11.3 Å². The fourth-order valence-electron chi connectivity index (χ4n) is 1.000. The van der Waals surface area contributed by atoms with Crippen LogP contribution in [0.5, 0.6) is 5.75 Å². The number of nitrogens with zero attached hydrogens (tertiary/aromatic N) is 1. The second-order valence-electron chi connectivity index (χ2n) is 2.63. The zero-order chi connectivity index (χ0) is 12.3. The van der Waals surface area contributed by atoms with Gasteiger partial charge in [-0.1, -0.05) is 11.6 Å². The van der Waals surface area contributed by atoms with Crippen LogP contribution in [0.3, 0.4) is 0 Å². The number of hydrogen-bond donors (Lipinski definition) is 1. The van der Waals surface area contributed by atoms with E-state index in [0.717, 1.165) is 12.1 Å². The van der Waals surface area contributed by atoms with Gasteiger partial charge in [-0.15, -0.1) is 0 Å². The Kier molecular flexibility index (Phi) is 3.64. The first-order valence-electron chi connectivity index (χ1n) is 3.87. The van der Waals surface area contributed by atoms with E-state index in [0.29, 0.717) is 0 Å². The summed E-state index contributed by atoms with van der Waals surface area (Å²) in [4.78, 5) is 10.7. The maximum Gasteiger partial charge on any atom is 0.387 e. The Hall–Kier alpha value is -1.87. The van der Waals surface area contributed by atoms with Crippen LogP contribution in [0.15, 0.2) is 12.1 Å². The number of hydrogen-bond acceptors (Lipinski definition) is 3. The lowest BCUT2D eigenvalue weighted by atomic mass is 10.1. The fourth-order valence-corrected chi connectivity index (χ4v) is 1.23. The highest BCUT2D eigenvalue weighted by atomic mass is 35.5. The van der Waals surface area contributed by atoms with Crippen molar-refractivity contribution in [2.45, 2.75) is 6.61 Å². The summed E-state index contributed by atoms with van der Waals surface area (Å²) in [5, 5.41) is 16.8. The van der Waals surface area contributed by atoms with E-state index in [1.165, 1.54) is 0 Å². The number of carboxylic acid groups (broad SMARTS) is 1. The van der Waals surface area contributed by atoms with Gasteiger partial charge < -0.3 is 9.84 Å². The zero-order valence-electron chi connectivity index (χ0n) is 7.58. The van der Waals surface area contributed by atoms with Crippen LogP contribution in [0.2, 0.25) is 5.02 Å². The molecule has 1 N–H and O–H groups in total. The van der Waals surface area contributed by atoms with Crippen LogP contribution in [0.1, 0.15) is 15.9 Å². The molecule has 0 unspecified atom stereocenters. The van der Waals surface area contributed by atoms with Crippen LogP contribution in [-0.2, 0) is 0 Å². The molecular weight excluding hydrogens is 244 g/mol. The Labute approximate surface area is 93.6 Å². The van der Waals surface area contributed by atoms with Gasteiger partial charge in [0, 0.05) is 0 Å². The summed E-state index contributed by atoms with van der Waals surface area (Å²) < 4.78 is 27.9. The first kappa shape index (κ1) is 12.2. The Bertz CT molecular complexity index is 471. The lowest BCUT2D eigenvalue weighted by Crippen LogP contribution is -2.06. The Morgan fingerprint density at radius 3 is 2.62 bits per heavy atom. The molecule has 0 saturated carbocycles. The molecule has 0 aliphatic rings. The quantitative estimate of drug-likeness (QED) is 0.891. The van der Waals surface area contributed by atoms with Crippen molar-refractivity contribution in [3.05, 3.63) is 28.3 Å². The third-order valence-electron chi connectivity index (χ3n) is 1.61. The van der Waals surface area contributed by atoms with E-state index in [2.05, 4.69) is 4.74 Å². The summed E-state index contributed by atoms with van der Waals surface area (Å²) >= 11 is 5.53.